The fourth-order valence-corrected chi connectivity index (χ4v) is 2.08. The molecule has 84 valence electrons. The Kier molecular flexibility index (Phi) is 4.17. The van der Waals surface area contributed by atoms with E-state index in [1.54, 1.807) is 6.07 Å². The third-order valence-electron chi connectivity index (χ3n) is 2.46. The van der Waals surface area contributed by atoms with E-state index < -0.39 is 0 Å². The lowest BCUT2D eigenvalue weighted by Gasteiger charge is -2.17. The third-order valence-corrected chi connectivity index (χ3v) is 3.10. The van der Waals surface area contributed by atoms with Gasteiger partial charge < -0.3 is 10.8 Å². The molecule has 3 N–H and O–H groups in total. The van der Waals surface area contributed by atoms with Gasteiger partial charge in [0, 0.05) is 6.04 Å². The van der Waals surface area contributed by atoms with Crippen molar-refractivity contribution in [3.05, 3.63) is 27.7 Å². The van der Waals surface area contributed by atoms with Gasteiger partial charge in [0.25, 0.3) is 0 Å². The van der Waals surface area contributed by atoms with Crippen molar-refractivity contribution in [2.24, 2.45) is 11.7 Å². The number of rotatable bonds is 3. The Balaban J connectivity index is 2.98. The molecule has 0 fully saturated rings. The number of benzene rings is 1. The smallest absolute Gasteiger partial charge is 0.130 e. The van der Waals surface area contributed by atoms with Crippen LogP contribution >= 0.6 is 15.9 Å². The number of aryl methyl sites for hydroxylation is 1. The Morgan fingerprint density at radius 3 is 2.53 bits per heavy atom. The van der Waals surface area contributed by atoms with Crippen LogP contribution in [0.5, 0.6) is 5.75 Å². The summed E-state index contributed by atoms with van der Waals surface area (Å²) >= 11 is 3.31. The molecule has 0 bridgehead atoms. The van der Waals surface area contributed by atoms with Gasteiger partial charge >= 0.3 is 0 Å². The average Bonchev–Trinajstić information content (AvgIpc) is 2.09. The molecule has 0 aliphatic carbocycles. The van der Waals surface area contributed by atoms with Crippen LogP contribution in [0.15, 0.2) is 16.6 Å². The Morgan fingerprint density at radius 1 is 1.40 bits per heavy atom. The highest BCUT2D eigenvalue weighted by Crippen LogP contribution is 2.31. The molecule has 0 aliphatic rings. The van der Waals surface area contributed by atoms with Gasteiger partial charge in [0.15, 0.2) is 0 Å². The van der Waals surface area contributed by atoms with Crippen molar-refractivity contribution in [2.75, 3.05) is 0 Å². The predicted molar refractivity (Wildman–Crippen MR) is 66.9 cm³/mol. The average molecular weight is 272 g/mol. The zero-order chi connectivity index (χ0) is 11.6. The number of halogens is 1. The molecule has 0 amide bonds. The first-order chi connectivity index (χ1) is 6.91. The van der Waals surface area contributed by atoms with E-state index in [1.165, 1.54) is 0 Å². The van der Waals surface area contributed by atoms with E-state index in [4.69, 9.17) is 5.73 Å². The number of nitrogens with two attached hydrogens (primary N) is 1. The van der Waals surface area contributed by atoms with E-state index in [0.29, 0.717) is 10.4 Å². The highest BCUT2D eigenvalue weighted by molar-refractivity contribution is 9.10. The summed E-state index contributed by atoms with van der Waals surface area (Å²) in [4.78, 5) is 0. The summed E-state index contributed by atoms with van der Waals surface area (Å²) in [5, 5.41) is 9.50. The molecule has 0 heterocycles. The Morgan fingerprint density at radius 2 is 2.00 bits per heavy atom. The van der Waals surface area contributed by atoms with Crippen LogP contribution in [0.25, 0.3) is 0 Å². The summed E-state index contributed by atoms with van der Waals surface area (Å²) in [5.41, 5.74) is 8.26. The molecule has 0 saturated heterocycles. The molecule has 0 aliphatic heterocycles. The van der Waals surface area contributed by atoms with Crippen molar-refractivity contribution >= 4 is 15.9 Å². The topological polar surface area (TPSA) is 46.2 Å². The fraction of sp³-hybridized carbons (Fsp3) is 0.500. The minimum absolute atomic E-state index is 0.0434. The number of phenols is 1. The van der Waals surface area contributed by atoms with Crippen molar-refractivity contribution < 1.29 is 5.11 Å². The second kappa shape index (κ2) is 4.99. The number of aromatic hydroxyl groups is 1. The van der Waals surface area contributed by atoms with Gasteiger partial charge in [-0.15, -0.1) is 0 Å². The number of hydrogen-bond donors (Lipinski definition) is 2. The second-order valence-electron chi connectivity index (χ2n) is 4.40. The van der Waals surface area contributed by atoms with Crippen LogP contribution in [0.1, 0.15) is 37.4 Å². The fourth-order valence-electron chi connectivity index (χ4n) is 1.72. The van der Waals surface area contributed by atoms with Crippen molar-refractivity contribution in [1.29, 1.82) is 0 Å². The molecular formula is C12H18BrNO. The van der Waals surface area contributed by atoms with E-state index in [-0.39, 0.29) is 11.8 Å². The van der Waals surface area contributed by atoms with Crippen LogP contribution in [0.4, 0.5) is 0 Å². The molecule has 2 nitrogen and oxygen atoms in total. The molecule has 0 spiro atoms. The van der Waals surface area contributed by atoms with Crippen LogP contribution < -0.4 is 5.73 Å². The van der Waals surface area contributed by atoms with Crippen LogP contribution in [0.3, 0.4) is 0 Å². The highest BCUT2D eigenvalue weighted by Gasteiger charge is 2.13. The Labute approximate surface area is 99.6 Å². The van der Waals surface area contributed by atoms with E-state index in [9.17, 15) is 5.11 Å². The summed E-state index contributed by atoms with van der Waals surface area (Å²) in [7, 11) is 0. The minimum Gasteiger partial charge on any atom is -0.507 e. The van der Waals surface area contributed by atoms with Crippen molar-refractivity contribution in [2.45, 2.75) is 33.2 Å². The standard InChI is InChI=1S/C12H18BrNO/c1-7(2)4-11(14)9-6-10(13)12(15)5-8(9)3/h5-7,11,15H,4,14H2,1-3H3. The normalized spacial score (nSPS) is 13.2. The Hall–Kier alpha value is -0.540. The zero-order valence-electron chi connectivity index (χ0n) is 9.42. The molecule has 1 aromatic rings. The van der Waals surface area contributed by atoms with Crippen molar-refractivity contribution in [1.82, 2.24) is 0 Å². The lowest BCUT2D eigenvalue weighted by molar-refractivity contribution is 0.469. The van der Waals surface area contributed by atoms with Crippen molar-refractivity contribution in [3.63, 3.8) is 0 Å². The van der Waals surface area contributed by atoms with Gasteiger partial charge in [-0.05, 0) is 58.5 Å². The zero-order valence-corrected chi connectivity index (χ0v) is 11.0. The quantitative estimate of drug-likeness (QED) is 0.884. The highest BCUT2D eigenvalue weighted by atomic mass is 79.9. The molecule has 1 aromatic carbocycles. The summed E-state index contributed by atoms with van der Waals surface area (Å²) in [6.07, 6.45) is 0.956. The summed E-state index contributed by atoms with van der Waals surface area (Å²) in [6, 6.07) is 3.71. The van der Waals surface area contributed by atoms with E-state index in [2.05, 4.69) is 29.8 Å². The molecular weight excluding hydrogens is 254 g/mol. The van der Waals surface area contributed by atoms with Crippen LogP contribution in [-0.4, -0.2) is 5.11 Å². The summed E-state index contributed by atoms with van der Waals surface area (Å²) in [6.45, 7) is 6.29. The minimum atomic E-state index is 0.0434. The van der Waals surface area contributed by atoms with E-state index >= 15 is 0 Å². The maximum absolute atomic E-state index is 9.50. The lowest BCUT2D eigenvalue weighted by atomic mass is 9.94. The molecule has 1 unspecified atom stereocenters. The lowest BCUT2D eigenvalue weighted by Crippen LogP contribution is -2.14. The van der Waals surface area contributed by atoms with Gasteiger partial charge in [-0.1, -0.05) is 13.8 Å². The molecule has 0 radical (unpaired) electrons. The Bertz CT molecular complexity index is 350. The van der Waals surface area contributed by atoms with Gasteiger partial charge in [0.05, 0.1) is 4.47 Å². The molecule has 15 heavy (non-hydrogen) atoms. The molecule has 1 atom stereocenters. The third kappa shape index (κ3) is 3.21. The second-order valence-corrected chi connectivity index (χ2v) is 5.25. The maximum atomic E-state index is 9.50. The first-order valence-corrected chi connectivity index (χ1v) is 5.95. The van der Waals surface area contributed by atoms with Crippen molar-refractivity contribution in [3.8, 4) is 5.75 Å². The number of phenolic OH excluding ortho intramolecular Hbond substituents is 1. The first-order valence-electron chi connectivity index (χ1n) is 5.16. The van der Waals surface area contributed by atoms with Gasteiger partial charge in [-0.3, -0.25) is 0 Å². The largest absolute Gasteiger partial charge is 0.507 e. The predicted octanol–water partition coefficient (Wildman–Crippen LogP) is 3.51. The summed E-state index contributed by atoms with van der Waals surface area (Å²) in [5.74, 6) is 0.847. The summed E-state index contributed by atoms with van der Waals surface area (Å²) < 4.78 is 0.710. The maximum Gasteiger partial charge on any atom is 0.130 e. The van der Waals surface area contributed by atoms with Crippen LogP contribution in [0, 0.1) is 12.8 Å². The SMILES string of the molecule is Cc1cc(O)c(Br)cc1C(N)CC(C)C. The number of hydrogen-bond acceptors (Lipinski definition) is 2. The van der Waals surface area contributed by atoms with E-state index in [0.717, 1.165) is 17.5 Å². The van der Waals surface area contributed by atoms with Gasteiger partial charge in [0.2, 0.25) is 0 Å². The van der Waals surface area contributed by atoms with Crippen LogP contribution in [-0.2, 0) is 0 Å². The van der Waals surface area contributed by atoms with Gasteiger partial charge in [0.1, 0.15) is 5.75 Å². The molecule has 1 rings (SSSR count). The van der Waals surface area contributed by atoms with Gasteiger partial charge in [-0.2, -0.15) is 0 Å². The van der Waals surface area contributed by atoms with E-state index in [1.807, 2.05) is 13.0 Å². The molecule has 3 heteroatoms. The van der Waals surface area contributed by atoms with Gasteiger partial charge in [-0.25, -0.2) is 0 Å². The first kappa shape index (κ1) is 12.5. The molecule has 0 aromatic heterocycles. The monoisotopic (exact) mass is 271 g/mol. The van der Waals surface area contributed by atoms with Crippen LogP contribution in [0.2, 0.25) is 0 Å². The molecule has 0 saturated carbocycles.